The normalized spacial score (nSPS) is 18.4. The molecule has 11 nitrogen and oxygen atoms in total. The van der Waals surface area contributed by atoms with Crippen LogP contribution in [0.4, 0.5) is 10.5 Å². The molecule has 0 aliphatic carbocycles. The molecule has 0 saturated carbocycles. The number of hydrogen-bond acceptors (Lipinski definition) is 9. The second kappa shape index (κ2) is 16.1. The summed E-state index contributed by atoms with van der Waals surface area (Å²) in [6, 6.07) is 19.3. The van der Waals surface area contributed by atoms with E-state index >= 15 is 0 Å². The van der Waals surface area contributed by atoms with Crippen molar-refractivity contribution in [1.82, 2.24) is 4.90 Å². The fraction of sp³-hybridized carbons (Fsp3) is 0.342. The van der Waals surface area contributed by atoms with Crippen molar-refractivity contribution in [2.75, 3.05) is 45.9 Å². The van der Waals surface area contributed by atoms with Crippen molar-refractivity contribution in [2.45, 2.75) is 38.0 Å². The number of nitrogens with zero attached hydrogens (tertiary/aromatic N) is 3. The van der Waals surface area contributed by atoms with Crippen molar-refractivity contribution < 1.29 is 38.0 Å². The molecular formula is C38H39Cl2N3O8. The van der Waals surface area contributed by atoms with Crippen molar-refractivity contribution in [3.05, 3.63) is 117 Å². The number of benzene rings is 3. The third kappa shape index (κ3) is 8.44. The fourth-order valence-corrected chi connectivity index (χ4v) is 7.18. The maximum atomic E-state index is 13.7. The molecule has 4 aromatic rings. The minimum atomic E-state index is -0.860. The predicted octanol–water partition coefficient (Wildman–Crippen LogP) is 7.03. The molecule has 4 heterocycles. The first-order chi connectivity index (χ1) is 24.6. The first-order valence-corrected chi connectivity index (χ1v) is 17.3. The highest BCUT2D eigenvalue weighted by molar-refractivity contribution is 6.35. The molecule has 2 atom stereocenters. The number of pyridine rings is 1. The van der Waals surface area contributed by atoms with Gasteiger partial charge in [0.25, 0.3) is 0 Å². The lowest BCUT2D eigenvalue weighted by Crippen LogP contribution is -2.53. The van der Waals surface area contributed by atoms with Gasteiger partial charge >= 0.3 is 12.1 Å². The molecule has 0 spiro atoms. The minimum Gasteiger partial charge on any atom is -0.619 e. The zero-order valence-electron chi connectivity index (χ0n) is 28.6. The summed E-state index contributed by atoms with van der Waals surface area (Å²) in [6.07, 6.45) is 3.07. The lowest BCUT2D eigenvalue weighted by Gasteiger charge is -2.44. The average Bonchev–Trinajstić information content (AvgIpc) is 3.15. The average molecular weight is 737 g/mol. The quantitative estimate of drug-likeness (QED) is 0.0860. The molecule has 3 saturated heterocycles. The first kappa shape index (κ1) is 36.1. The van der Waals surface area contributed by atoms with Crippen molar-refractivity contribution >= 4 is 41.0 Å². The molecular weight excluding hydrogens is 697 g/mol. The SMILES string of the molecule is COc1ccc(N(Cc2ccc(C(=O)O[C@@H](Cc3c(Cl)c[n+]([O-])cc3Cl)c3ccc(OC)c(OC)c3)cc2)C(=O)O[C@H]2CN3CCC2CC3)cc1. The Morgan fingerprint density at radius 1 is 0.902 bits per heavy atom. The monoisotopic (exact) mass is 735 g/mol. The summed E-state index contributed by atoms with van der Waals surface area (Å²) in [6.45, 7) is 3.04. The van der Waals surface area contributed by atoms with E-state index in [1.165, 1.54) is 26.6 Å². The van der Waals surface area contributed by atoms with Crippen LogP contribution in [-0.2, 0) is 22.4 Å². The van der Waals surface area contributed by atoms with Gasteiger partial charge in [-0.25, -0.2) is 9.59 Å². The molecule has 0 unspecified atom stereocenters. The lowest BCUT2D eigenvalue weighted by molar-refractivity contribution is -0.605. The van der Waals surface area contributed by atoms with E-state index in [2.05, 4.69) is 4.90 Å². The van der Waals surface area contributed by atoms with E-state index in [4.69, 9.17) is 46.9 Å². The number of ether oxygens (including phenoxy) is 5. The predicted molar refractivity (Wildman–Crippen MR) is 192 cm³/mol. The lowest BCUT2D eigenvalue weighted by atomic mass is 9.86. The summed E-state index contributed by atoms with van der Waals surface area (Å²) in [7, 11) is 4.62. The van der Waals surface area contributed by atoms with Gasteiger partial charge in [-0.1, -0.05) is 41.4 Å². The van der Waals surface area contributed by atoms with Gasteiger partial charge in [0.1, 0.15) is 28.0 Å². The second-order valence-electron chi connectivity index (χ2n) is 12.5. The molecule has 0 N–H and O–H groups in total. The van der Waals surface area contributed by atoms with Gasteiger partial charge in [-0.15, -0.1) is 0 Å². The van der Waals surface area contributed by atoms with Gasteiger partial charge in [-0.2, -0.15) is 4.73 Å². The first-order valence-electron chi connectivity index (χ1n) is 16.6. The Morgan fingerprint density at radius 2 is 1.57 bits per heavy atom. The third-order valence-electron chi connectivity index (χ3n) is 9.46. The van der Waals surface area contributed by atoms with Crippen LogP contribution in [0.25, 0.3) is 0 Å². The molecule has 268 valence electrons. The van der Waals surface area contributed by atoms with Crippen LogP contribution >= 0.6 is 23.2 Å². The number of fused-ring (bicyclic) bond motifs is 3. The van der Waals surface area contributed by atoms with E-state index in [9.17, 15) is 14.8 Å². The van der Waals surface area contributed by atoms with Crippen molar-refractivity contribution in [1.29, 1.82) is 0 Å². The molecule has 3 aliphatic heterocycles. The minimum absolute atomic E-state index is 0.0797. The summed E-state index contributed by atoms with van der Waals surface area (Å²) < 4.78 is 28.9. The third-order valence-corrected chi connectivity index (χ3v) is 10.1. The maximum absolute atomic E-state index is 13.7. The molecule has 3 aliphatic rings. The van der Waals surface area contributed by atoms with Crippen LogP contribution in [0.5, 0.6) is 17.2 Å². The van der Waals surface area contributed by atoms with Gasteiger partial charge in [0, 0.05) is 24.2 Å². The number of rotatable bonds is 12. The number of aromatic nitrogens is 1. The Kier molecular flexibility index (Phi) is 11.4. The number of halogens is 2. The van der Waals surface area contributed by atoms with Gasteiger partial charge in [0.2, 0.25) is 0 Å². The summed E-state index contributed by atoms with van der Waals surface area (Å²) in [4.78, 5) is 31.3. The Bertz CT molecular complexity index is 1830. The van der Waals surface area contributed by atoms with Crippen molar-refractivity contribution in [3.8, 4) is 17.2 Å². The Hall–Kier alpha value is -4.71. The van der Waals surface area contributed by atoms with Gasteiger partial charge in [0.05, 0.1) is 33.4 Å². The number of methoxy groups -OCH3 is 3. The molecule has 3 aromatic carbocycles. The van der Waals surface area contributed by atoms with Crippen LogP contribution in [0.2, 0.25) is 10.0 Å². The number of carbonyl (C=O) groups excluding carboxylic acids is 2. The van der Waals surface area contributed by atoms with Gasteiger partial charge < -0.3 is 28.9 Å². The number of anilines is 1. The second-order valence-corrected chi connectivity index (χ2v) is 13.4. The summed E-state index contributed by atoms with van der Waals surface area (Å²) >= 11 is 12.8. The summed E-state index contributed by atoms with van der Waals surface area (Å²) in [5.74, 6) is 1.38. The molecule has 1 aromatic heterocycles. The number of piperidine rings is 3. The van der Waals surface area contributed by atoms with Crippen LogP contribution in [0.3, 0.4) is 0 Å². The van der Waals surface area contributed by atoms with Crippen molar-refractivity contribution in [3.63, 3.8) is 0 Å². The Balaban J connectivity index is 1.22. The topological polar surface area (TPSA) is 114 Å². The standard InChI is InChI=1S/C38H39Cl2N3O8/c1-47-29-11-9-28(10-12-29)43(38(45)51-36-23-41-16-14-25(36)15-17-41)20-24-4-6-26(7-5-24)37(44)50-34(19-30-31(39)21-42(46)22-32(30)40)27-8-13-33(48-2)35(18-27)49-3/h4-13,18,21-22,25,34,36H,14-17,19-20,23H2,1-3H3/t34-,36-/m0/s1. The van der Waals surface area contributed by atoms with E-state index in [0.29, 0.717) is 44.7 Å². The van der Waals surface area contributed by atoms with E-state index in [-0.39, 0.29) is 34.7 Å². The zero-order valence-corrected chi connectivity index (χ0v) is 30.1. The van der Waals surface area contributed by atoms with Crippen LogP contribution < -0.4 is 23.8 Å². The Morgan fingerprint density at radius 3 is 2.16 bits per heavy atom. The van der Waals surface area contributed by atoms with Gasteiger partial charge in [0.15, 0.2) is 23.9 Å². The van der Waals surface area contributed by atoms with Gasteiger partial charge in [-0.05, 0) is 91.5 Å². The molecule has 1 amide bonds. The van der Waals surface area contributed by atoms with E-state index in [0.717, 1.165) is 38.0 Å². The highest BCUT2D eigenvalue weighted by Crippen LogP contribution is 2.36. The number of carbonyl (C=O) groups is 2. The summed E-state index contributed by atoms with van der Waals surface area (Å²) in [5, 5.41) is 12.2. The number of hydrogen-bond donors (Lipinski definition) is 0. The highest BCUT2D eigenvalue weighted by atomic mass is 35.5. The van der Waals surface area contributed by atoms with E-state index in [1.54, 1.807) is 66.6 Å². The zero-order chi connectivity index (χ0) is 36.1. The van der Waals surface area contributed by atoms with Crippen LogP contribution in [-0.4, -0.2) is 64.0 Å². The van der Waals surface area contributed by atoms with E-state index in [1.807, 2.05) is 12.1 Å². The maximum Gasteiger partial charge on any atom is 0.414 e. The molecule has 7 rings (SSSR count). The van der Waals surface area contributed by atoms with Gasteiger partial charge in [-0.3, -0.25) is 9.80 Å². The molecule has 2 bridgehead atoms. The molecule has 0 radical (unpaired) electrons. The molecule has 51 heavy (non-hydrogen) atoms. The number of esters is 1. The largest absolute Gasteiger partial charge is 0.619 e. The highest BCUT2D eigenvalue weighted by Gasteiger charge is 2.37. The fourth-order valence-electron chi connectivity index (χ4n) is 6.58. The van der Waals surface area contributed by atoms with E-state index < -0.39 is 18.2 Å². The smallest absolute Gasteiger partial charge is 0.414 e. The van der Waals surface area contributed by atoms with Crippen molar-refractivity contribution in [2.24, 2.45) is 5.92 Å². The number of amides is 1. The Labute approximate surface area is 306 Å². The van der Waals surface area contributed by atoms with Crippen LogP contribution in [0.15, 0.2) is 79.1 Å². The molecule has 13 heteroatoms. The molecule has 3 fully saturated rings. The van der Waals surface area contributed by atoms with Crippen LogP contribution in [0, 0.1) is 11.1 Å². The summed E-state index contributed by atoms with van der Waals surface area (Å²) in [5.41, 5.74) is 2.76. The van der Waals surface area contributed by atoms with Crippen LogP contribution in [0.1, 0.15) is 46.0 Å².